The van der Waals surface area contributed by atoms with Gasteiger partial charge in [-0.05, 0) is 35.1 Å². The molecule has 0 atom stereocenters. The van der Waals surface area contributed by atoms with Crippen LogP contribution in [-0.4, -0.2) is 18.9 Å². The van der Waals surface area contributed by atoms with Gasteiger partial charge in [-0.1, -0.05) is 87.0 Å². The van der Waals surface area contributed by atoms with Crippen LogP contribution in [0, 0.1) is 12.1 Å². The number of para-hydroxylation sites is 3. The molecule has 6 heterocycles. The van der Waals surface area contributed by atoms with Gasteiger partial charge in [0, 0.05) is 50.8 Å². The van der Waals surface area contributed by atoms with Crippen LogP contribution < -0.4 is 4.74 Å². The second kappa shape index (κ2) is 11.5. The molecule has 11 rings (SSSR count). The predicted octanol–water partition coefficient (Wildman–Crippen LogP) is 11.8. The monoisotopic (exact) mass is 865 g/mol. The minimum absolute atomic E-state index is 0. The van der Waals surface area contributed by atoms with Gasteiger partial charge in [-0.25, -0.2) is 4.98 Å². The van der Waals surface area contributed by atoms with Gasteiger partial charge in [0.1, 0.15) is 11.4 Å². The van der Waals surface area contributed by atoms with E-state index in [0.717, 1.165) is 66.1 Å². The van der Waals surface area contributed by atoms with E-state index in [2.05, 4.69) is 126 Å². The first-order chi connectivity index (χ1) is 25.4. The topological polar surface area (TPSA) is 57.5 Å². The molecule has 0 spiro atoms. The molecule has 5 aromatic carbocycles. The first-order valence-corrected chi connectivity index (χ1v) is 17.5. The van der Waals surface area contributed by atoms with Crippen molar-refractivity contribution in [1.29, 1.82) is 0 Å². The Morgan fingerprint density at radius 3 is 2.28 bits per heavy atom. The zero-order chi connectivity index (χ0) is 34.7. The molecule has 0 amide bonds. The number of pyridine rings is 2. The predicted molar refractivity (Wildman–Crippen MR) is 209 cm³/mol. The van der Waals surface area contributed by atoms with E-state index < -0.39 is 0 Å². The van der Waals surface area contributed by atoms with Crippen LogP contribution in [0.1, 0.15) is 26.3 Å². The molecule has 7 heteroatoms. The van der Waals surface area contributed by atoms with Gasteiger partial charge < -0.3 is 13.7 Å². The fraction of sp³-hybridized carbons (Fsp3) is 0.0870. The molecule has 0 unspecified atom stereocenters. The number of rotatable bonds is 4. The minimum Gasteiger partial charge on any atom is -0.466 e. The molecule has 0 aliphatic carbocycles. The van der Waals surface area contributed by atoms with E-state index in [1.807, 2.05) is 48.7 Å². The number of hydrogen-bond donors (Lipinski definition) is 0. The molecule has 256 valence electrons. The third kappa shape index (κ3) is 4.62. The van der Waals surface area contributed by atoms with Crippen molar-refractivity contribution in [2.75, 3.05) is 0 Å². The molecular weight excluding hydrogens is 836 g/mol. The third-order valence-electron chi connectivity index (χ3n) is 10.4. The summed E-state index contributed by atoms with van der Waals surface area (Å²) in [5.74, 6) is 1.82. The molecule has 0 saturated carbocycles. The number of aromatic nitrogens is 4. The molecule has 6 nitrogen and oxygen atoms in total. The van der Waals surface area contributed by atoms with E-state index in [1.165, 1.54) is 16.3 Å². The summed E-state index contributed by atoms with van der Waals surface area (Å²) >= 11 is 0. The van der Waals surface area contributed by atoms with Crippen molar-refractivity contribution in [3.8, 4) is 28.7 Å². The van der Waals surface area contributed by atoms with Crippen LogP contribution in [0.5, 0.6) is 11.6 Å². The van der Waals surface area contributed by atoms with Gasteiger partial charge in [0.25, 0.3) is 0 Å². The Kier molecular flexibility index (Phi) is 6.90. The van der Waals surface area contributed by atoms with Crippen LogP contribution in [-0.2, 0) is 26.5 Å². The van der Waals surface area contributed by atoms with Crippen molar-refractivity contribution in [3.63, 3.8) is 0 Å². The largest absolute Gasteiger partial charge is 2.00 e. The summed E-state index contributed by atoms with van der Waals surface area (Å²) in [7, 11) is 0. The maximum atomic E-state index is 6.93. The Labute approximate surface area is 318 Å². The van der Waals surface area contributed by atoms with Gasteiger partial charge in [0.2, 0.25) is 11.6 Å². The smallest absolute Gasteiger partial charge is 0.466 e. The molecule has 0 aliphatic heterocycles. The summed E-state index contributed by atoms with van der Waals surface area (Å²) in [4.78, 5) is 9.85. The van der Waals surface area contributed by atoms with Crippen molar-refractivity contribution in [3.05, 3.63) is 145 Å². The first kappa shape index (κ1) is 31.7. The normalized spacial score (nSPS) is 12.3. The van der Waals surface area contributed by atoms with Gasteiger partial charge in [0.05, 0.1) is 16.4 Å². The van der Waals surface area contributed by atoms with E-state index in [-0.39, 0.29) is 26.5 Å². The molecule has 0 bridgehead atoms. The van der Waals surface area contributed by atoms with Crippen LogP contribution in [0.25, 0.3) is 88.1 Å². The number of hydrogen-bond acceptors (Lipinski definition) is 4. The Bertz CT molecular complexity index is 3200. The van der Waals surface area contributed by atoms with Crippen LogP contribution in [0.15, 0.2) is 132 Å². The second-order valence-corrected chi connectivity index (χ2v) is 14.5. The number of benzene rings is 5. The summed E-state index contributed by atoms with van der Waals surface area (Å²) < 4.78 is 18.0. The van der Waals surface area contributed by atoms with E-state index in [0.29, 0.717) is 22.9 Å². The standard InChI is InChI=1S/C46H30N4O2.Pt/c1-46(2,3)28-13-10-12-27(24-28)42-44-35(41-34-17-11-16-33-31-15-5-7-19-37(31)50(43(33)34)45(41)52-44)26-40(48-42)51-29-21-22-32-30-14-4-6-18-36(30)49(38(32)25-29)39-20-8-9-23-47-39;/h4-11,13-24,26H,1-3H3;/q-2;+2. The maximum absolute atomic E-state index is 6.93. The maximum Gasteiger partial charge on any atom is 2.00 e. The summed E-state index contributed by atoms with van der Waals surface area (Å²) in [5.41, 5.74) is 8.36. The molecule has 6 aromatic heterocycles. The average Bonchev–Trinajstić information content (AvgIpc) is 3.90. The van der Waals surface area contributed by atoms with Crippen LogP contribution in [0.2, 0.25) is 0 Å². The van der Waals surface area contributed by atoms with E-state index in [9.17, 15) is 0 Å². The van der Waals surface area contributed by atoms with E-state index >= 15 is 0 Å². The van der Waals surface area contributed by atoms with Crippen LogP contribution in [0.3, 0.4) is 0 Å². The van der Waals surface area contributed by atoms with Gasteiger partial charge in [-0.3, -0.25) is 9.38 Å². The summed E-state index contributed by atoms with van der Waals surface area (Å²) in [6.45, 7) is 6.64. The Morgan fingerprint density at radius 1 is 0.717 bits per heavy atom. The Hall–Kier alpha value is -5.97. The Balaban J connectivity index is 0.00000349. The SMILES string of the molecule is CC(C)(C)c1cc[c-]c(-c2nc(Oc3[c-]c4c(cc3)c3ccccc3n4-c3ccccn3)cc3c2oc2c3c3cccc4c5ccccc5n2c43)c1.[Pt+2]. The fourth-order valence-electron chi connectivity index (χ4n) is 7.99. The first-order valence-electron chi connectivity index (χ1n) is 17.5. The molecule has 0 N–H and O–H groups in total. The number of nitrogens with zero attached hydrogens (tertiary/aromatic N) is 4. The molecule has 0 saturated heterocycles. The van der Waals surface area contributed by atoms with Crippen molar-refractivity contribution in [2.45, 2.75) is 26.2 Å². The number of ether oxygens (including phenoxy) is 1. The minimum atomic E-state index is -0.0625. The van der Waals surface area contributed by atoms with E-state index in [4.69, 9.17) is 14.1 Å². The summed E-state index contributed by atoms with van der Waals surface area (Å²) in [5, 5.41) is 7.71. The molecule has 53 heavy (non-hydrogen) atoms. The van der Waals surface area contributed by atoms with Gasteiger partial charge >= 0.3 is 21.1 Å². The zero-order valence-corrected chi connectivity index (χ0v) is 31.3. The molecular formula is C46H30N4O2Pt. The van der Waals surface area contributed by atoms with Crippen molar-refractivity contribution < 1.29 is 30.2 Å². The quantitative estimate of drug-likeness (QED) is 0.165. The van der Waals surface area contributed by atoms with Gasteiger partial charge in [0.15, 0.2) is 0 Å². The summed E-state index contributed by atoms with van der Waals surface area (Å²) in [6.07, 6.45) is 1.81. The zero-order valence-electron chi connectivity index (χ0n) is 29.0. The molecule has 11 aromatic rings. The second-order valence-electron chi connectivity index (χ2n) is 14.5. The number of fused-ring (bicyclic) bond motifs is 11. The van der Waals surface area contributed by atoms with Crippen LogP contribution in [0.4, 0.5) is 0 Å². The van der Waals surface area contributed by atoms with E-state index in [1.54, 1.807) is 0 Å². The summed E-state index contributed by atoms with van der Waals surface area (Å²) in [6, 6.07) is 48.7. The fourth-order valence-corrected chi connectivity index (χ4v) is 7.99. The average molecular weight is 866 g/mol. The number of furan rings is 1. The van der Waals surface area contributed by atoms with Gasteiger partial charge in [-0.2, -0.15) is 6.07 Å². The molecule has 0 aliphatic rings. The van der Waals surface area contributed by atoms with Crippen molar-refractivity contribution in [1.82, 2.24) is 18.9 Å². The molecule has 0 radical (unpaired) electrons. The molecule has 0 fully saturated rings. The van der Waals surface area contributed by atoms with Crippen molar-refractivity contribution in [2.24, 2.45) is 0 Å². The van der Waals surface area contributed by atoms with Crippen molar-refractivity contribution >= 4 is 71.1 Å². The van der Waals surface area contributed by atoms with Gasteiger partial charge in [-0.15, -0.1) is 52.9 Å². The third-order valence-corrected chi connectivity index (χ3v) is 10.4. The van der Waals surface area contributed by atoms with Crippen LogP contribution >= 0.6 is 0 Å². The Morgan fingerprint density at radius 2 is 1.47 bits per heavy atom.